The fourth-order valence-electron chi connectivity index (χ4n) is 2.23. The molecule has 1 aromatic carbocycles. The van der Waals surface area contributed by atoms with Gasteiger partial charge in [-0.3, -0.25) is 0 Å². The molecule has 0 bridgehead atoms. The molecule has 0 aliphatic carbocycles. The number of hydrogen-bond donors (Lipinski definition) is 1. The van der Waals surface area contributed by atoms with Gasteiger partial charge in [0, 0.05) is 25.8 Å². The molecule has 2 rings (SSSR count). The first kappa shape index (κ1) is 14.8. The van der Waals surface area contributed by atoms with Crippen molar-refractivity contribution in [2.75, 3.05) is 7.05 Å². The molecule has 0 radical (unpaired) electrons. The Labute approximate surface area is 128 Å². The maximum Gasteiger partial charge on any atom is 0.0412 e. The number of rotatable bonds is 5. The summed E-state index contributed by atoms with van der Waals surface area (Å²) in [5.41, 5.74) is 2.59. The molecule has 102 valence electrons. The Balaban J connectivity index is 2.32. The van der Waals surface area contributed by atoms with E-state index in [-0.39, 0.29) is 0 Å². The lowest BCUT2D eigenvalue weighted by atomic mass is 10.1. The number of benzene rings is 1. The van der Waals surface area contributed by atoms with Crippen LogP contribution in [-0.4, -0.2) is 7.05 Å². The molecule has 1 unspecified atom stereocenters. The van der Waals surface area contributed by atoms with Crippen LogP contribution in [0.3, 0.4) is 0 Å². The van der Waals surface area contributed by atoms with Crippen LogP contribution in [0.2, 0.25) is 0 Å². The summed E-state index contributed by atoms with van der Waals surface area (Å²) in [6, 6.07) is 11.5. The number of thiophene rings is 1. The standard InChI is InChI=1S/C16H20BrNS/c1-4-5-14(18-3)16-9-8-15(19-16)12-10-11(2)6-7-13(12)17/h6-10,14,18H,4-5H2,1-3H3. The third-order valence-corrected chi connectivity index (χ3v) is 5.21. The minimum atomic E-state index is 0.479. The van der Waals surface area contributed by atoms with E-state index in [0.717, 1.165) is 0 Å². The van der Waals surface area contributed by atoms with E-state index >= 15 is 0 Å². The van der Waals surface area contributed by atoms with Crippen LogP contribution in [0.1, 0.15) is 36.2 Å². The van der Waals surface area contributed by atoms with Gasteiger partial charge in [0.15, 0.2) is 0 Å². The first-order valence-corrected chi connectivity index (χ1v) is 8.30. The van der Waals surface area contributed by atoms with Crippen molar-refractivity contribution >= 4 is 27.3 Å². The summed E-state index contributed by atoms with van der Waals surface area (Å²) < 4.78 is 1.17. The molecule has 0 saturated heterocycles. The van der Waals surface area contributed by atoms with E-state index in [2.05, 4.69) is 65.4 Å². The van der Waals surface area contributed by atoms with E-state index in [0.29, 0.717) is 6.04 Å². The minimum Gasteiger partial charge on any atom is -0.312 e. The predicted molar refractivity (Wildman–Crippen MR) is 88.9 cm³/mol. The van der Waals surface area contributed by atoms with Gasteiger partial charge < -0.3 is 5.32 Å². The molecule has 0 aliphatic heterocycles. The monoisotopic (exact) mass is 337 g/mol. The molecular formula is C16H20BrNS. The van der Waals surface area contributed by atoms with Crippen molar-refractivity contribution in [3.05, 3.63) is 45.2 Å². The first-order chi connectivity index (χ1) is 9.15. The van der Waals surface area contributed by atoms with Crippen LogP contribution in [0.4, 0.5) is 0 Å². The fraction of sp³-hybridized carbons (Fsp3) is 0.375. The largest absolute Gasteiger partial charge is 0.312 e. The smallest absolute Gasteiger partial charge is 0.0412 e. The fourth-order valence-corrected chi connectivity index (χ4v) is 4.00. The Morgan fingerprint density at radius 2 is 2.05 bits per heavy atom. The van der Waals surface area contributed by atoms with Gasteiger partial charge in [-0.2, -0.15) is 0 Å². The summed E-state index contributed by atoms with van der Waals surface area (Å²) in [7, 11) is 2.04. The van der Waals surface area contributed by atoms with E-state index in [1.54, 1.807) is 0 Å². The maximum atomic E-state index is 3.65. The molecule has 0 fully saturated rings. The predicted octanol–water partition coefficient (Wildman–Crippen LogP) is 5.55. The topological polar surface area (TPSA) is 12.0 Å². The van der Waals surface area contributed by atoms with Crippen molar-refractivity contribution in [2.24, 2.45) is 0 Å². The Kier molecular flexibility index (Phi) is 5.20. The Bertz CT molecular complexity index is 547. The number of hydrogen-bond acceptors (Lipinski definition) is 2. The second-order valence-electron chi connectivity index (χ2n) is 4.82. The second-order valence-corrected chi connectivity index (χ2v) is 6.78. The lowest BCUT2D eigenvalue weighted by Crippen LogP contribution is -2.14. The summed E-state index contributed by atoms with van der Waals surface area (Å²) in [5, 5.41) is 3.41. The third-order valence-electron chi connectivity index (χ3n) is 3.28. The zero-order chi connectivity index (χ0) is 13.8. The average molecular weight is 338 g/mol. The Hall–Kier alpha value is -0.640. The van der Waals surface area contributed by atoms with E-state index in [1.807, 2.05) is 18.4 Å². The lowest BCUT2D eigenvalue weighted by Gasteiger charge is -2.12. The van der Waals surface area contributed by atoms with E-state index in [4.69, 9.17) is 0 Å². The highest BCUT2D eigenvalue weighted by Crippen LogP contribution is 2.36. The zero-order valence-corrected chi connectivity index (χ0v) is 14.1. The molecule has 0 amide bonds. The highest BCUT2D eigenvalue weighted by molar-refractivity contribution is 9.10. The molecule has 1 nitrogen and oxygen atoms in total. The molecule has 1 atom stereocenters. The quantitative estimate of drug-likeness (QED) is 0.754. The van der Waals surface area contributed by atoms with Crippen LogP contribution in [0.5, 0.6) is 0 Å². The Morgan fingerprint density at radius 1 is 1.26 bits per heavy atom. The summed E-state index contributed by atoms with van der Waals surface area (Å²) in [4.78, 5) is 2.76. The maximum absolute atomic E-state index is 3.65. The number of halogens is 1. The molecule has 2 aromatic rings. The molecule has 0 aliphatic rings. The summed E-state index contributed by atoms with van der Waals surface area (Å²) in [6.45, 7) is 4.37. The first-order valence-electron chi connectivity index (χ1n) is 6.69. The van der Waals surface area contributed by atoms with Gasteiger partial charge in [-0.1, -0.05) is 40.9 Å². The van der Waals surface area contributed by atoms with Crippen LogP contribution in [0.15, 0.2) is 34.8 Å². The van der Waals surface area contributed by atoms with E-state index < -0.39 is 0 Å². The SMILES string of the molecule is CCCC(NC)c1ccc(-c2cc(C)ccc2Br)s1. The van der Waals surface area contributed by atoms with Crippen molar-refractivity contribution in [1.82, 2.24) is 5.32 Å². The van der Waals surface area contributed by atoms with Crippen molar-refractivity contribution in [3.63, 3.8) is 0 Å². The third kappa shape index (κ3) is 3.47. The molecule has 0 saturated carbocycles. The molecule has 1 N–H and O–H groups in total. The number of aryl methyl sites for hydroxylation is 1. The summed E-state index contributed by atoms with van der Waals surface area (Å²) in [6.07, 6.45) is 2.39. The molecule has 0 spiro atoms. The van der Waals surface area contributed by atoms with Gasteiger partial charge in [-0.05, 0) is 44.7 Å². The normalized spacial score (nSPS) is 12.6. The molecular weight excluding hydrogens is 318 g/mol. The molecule has 1 aromatic heterocycles. The lowest BCUT2D eigenvalue weighted by molar-refractivity contribution is 0.550. The van der Waals surface area contributed by atoms with Gasteiger partial charge >= 0.3 is 0 Å². The van der Waals surface area contributed by atoms with Crippen LogP contribution in [0.25, 0.3) is 10.4 Å². The summed E-state index contributed by atoms with van der Waals surface area (Å²) in [5.74, 6) is 0. The van der Waals surface area contributed by atoms with Crippen LogP contribution < -0.4 is 5.32 Å². The van der Waals surface area contributed by atoms with Gasteiger partial charge in [-0.25, -0.2) is 0 Å². The highest BCUT2D eigenvalue weighted by atomic mass is 79.9. The minimum absolute atomic E-state index is 0.479. The van der Waals surface area contributed by atoms with Crippen molar-refractivity contribution in [1.29, 1.82) is 0 Å². The Morgan fingerprint density at radius 3 is 2.74 bits per heavy atom. The van der Waals surface area contributed by atoms with E-state index in [1.165, 1.54) is 38.2 Å². The van der Waals surface area contributed by atoms with Crippen LogP contribution in [-0.2, 0) is 0 Å². The van der Waals surface area contributed by atoms with Gasteiger partial charge in [0.05, 0.1) is 0 Å². The summed E-state index contributed by atoms with van der Waals surface area (Å²) >= 11 is 5.54. The van der Waals surface area contributed by atoms with Crippen molar-refractivity contribution in [3.8, 4) is 10.4 Å². The molecule has 19 heavy (non-hydrogen) atoms. The van der Waals surface area contributed by atoms with Gasteiger partial charge in [0.2, 0.25) is 0 Å². The van der Waals surface area contributed by atoms with Gasteiger partial charge in [0.1, 0.15) is 0 Å². The molecule has 3 heteroatoms. The highest BCUT2D eigenvalue weighted by Gasteiger charge is 2.13. The van der Waals surface area contributed by atoms with E-state index in [9.17, 15) is 0 Å². The number of nitrogens with one attached hydrogen (secondary N) is 1. The second kappa shape index (κ2) is 6.69. The van der Waals surface area contributed by atoms with Gasteiger partial charge in [0.25, 0.3) is 0 Å². The van der Waals surface area contributed by atoms with Crippen molar-refractivity contribution in [2.45, 2.75) is 32.7 Å². The molecule has 1 heterocycles. The zero-order valence-electron chi connectivity index (χ0n) is 11.7. The average Bonchev–Trinajstić information content (AvgIpc) is 2.88. The van der Waals surface area contributed by atoms with Crippen LogP contribution >= 0.6 is 27.3 Å². The van der Waals surface area contributed by atoms with Crippen LogP contribution in [0, 0.1) is 6.92 Å². The van der Waals surface area contributed by atoms with Crippen molar-refractivity contribution < 1.29 is 0 Å². The van der Waals surface area contributed by atoms with Gasteiger partial charge in [-0.15, -0.1) is 11.3 Å².